The van der Waals surface area contributed by atoms with Gasteiger partial charge in [0.1, 0.15) is 0 Å². The van der Waals surface area contributed by atoms with E-state index in [1.807, 2.05) is 6.92 Å². The Morgan fingerprint density at radius 2 is 2.10 bits per heavy atom. The molecule has 21 heavy (non-hydrogen) atoms. The molecule has 0 radical (unpaired) electrons. The van der Waals surface area contributed by atoms with E-state index in [0.717, 1.165) is 6.07 Å². The van der Waals surface area contributed by atoms with Crippen molar-refractivity contribution in [1.29, 1.82) is 0 Å². The summed E-state index contributed by atoms with van der Waals surface area (Å²) in [5, 5.41) is 9.05. The molecule has 1 saturated heterocycles. The second-order valence-electron chi connectivity index (χ2n) is 5.54. The predicted molar refractivity (Wildman–Crippen MR) is 80.0 cm³/mol. The van der Waals surface area contributed by atoms with Gasteiger partial charge < -0.3 is 9.84 Å². The first-order chi connectivity index (χ1) is 9.65. The van der Waals surface area contributed by atoms with Gasteiger partial charge in [-0.3, -0.25) is 0 Å². The maximum atomic E-state index is 12.4. The molecule has 2 N–H and O–H groups in total. The molecule has 0 aromatic heterocycles. The molecule has 0 aliphatic carbocycles. The van der Waals surface area contributed by atoms with Crippen molar-refractivity contribution in [1.82, 2.24) is 4.72 Å². The molecule has 0 atom stereocenters. The van der Waals surface area contributed by atoms with Crippen LogP contribution in [-0.2, 0) is 14.8 Å². The van der Waals surface area contributed by atoms with Gasteiger partial charge >= 0.3 is 5.97 Å². The highest BCUT2D eigenvalue weighted by molar-refractivity contribution is 9.10. The van der Waals surface area contributed by atoms with E-state index in [4.69, 9.17) is 9.84 Å². The highest BCUT2D eigenvalue weighted by Crippen LogP contribution is 2.29. The predicted octanol–water partition coefficient (Wildman–Crippen LogP) is 1.77. The van der Waals surface area contributed by atoms with E-state index in [1.54, 1.807) is 6.92 Å². The van der Waals surface area contributed by atoms with Crippen LogP contribution in [0.1, 0.15) is 22.8 Å². The molecule has 1 aliphatic rings. The van der Waals surface area contributed by atoms with Gasteiger partial charge in [-0.1, -0.05) is 6.92 Å². The van der Waals surface area contributed by atoms with Crippen molar-refractivity contribution in [2.24, 2.45) is 5.41 Å². The fourth-order valence-corrected chi connectivity index (χ4v) is 4.20. The Bertz CT molecular complexity index is 682. The molecule has 0 bridgehead atoms. The Labute approximate surface area is 131 Å². The lowest BCUT2D eigenvalue weighted by molar-refractivity contribution is -0.0965. The van der Waals surface area contributed by atoms with Crippen LogP contribution >= 0.6 is 15.9 Å². The largest absolute Gasteiger partial charge is 0.478 e. The van der Waals surface area contributed by atoms with Crippen molar-refractivity contribution in [2.45, 2.75) is 18.7 Å². The summed E-state index contributed by atoms with van der Waals surface area (Å²) in [6, 6.07) is 2.58. The number of hydrogen-bond donors (Lipinski definition) is 2. The summed E-state index contributed by atoms with van der Waals surface area (Å²) in [7, 11) is -3.79. The van der Waals surface area contributed by atoms with Crippen molar-refractivity contribution in [3.05, 3.63) is 27.7 Å². The van der Waals surface area contributed by atoms with Gasteiger partial charge in [0.2, 0.25) is 10.0 Å². The van der Waals surface area contributed by atoms with Crippen LogP contribution in [0.5, 0.6) is 0 Å². The second kappa shape index (κ2) is 5.68. The second-order valence-corrected chi connectivity index (χ2v) is 8.07. The number of hydrogen-bond acceptors (Lipinski definition) is 4. The van der Waals surface area contributed by atoms with Crippen LogP contribution in [0.15, 0.2) is 21.5 Å². The number of halogens is 1. The first-order valence-corrected chi connectivity index (χ1v) is 8.53. The standard InChI is InChI=1S/C13H16BrNO5S/c1-8-3-9(12(16)17)4-10(11(8)14)21(18,19)15-5-13(2)6-20-7-13/h3-4,15H,5-7H2,1-2H3,(H,16,17). The lowest BCUT2D eigenvalue weighted by Crippen LogP contribution is -2.48. The molecule has 1 aliphatic heterocycles. The van der Waals surface area contributed by atoms with Crippen molar-refractivity contribution in [2.75, 3.05) is 19.8 Å². The van der Waals surface area contributed by atoms with E-state index in [2.05, 4.69) is 20.7 Å². The molecule has 1 heterocycles. The van der Waals surface area contributed by atoms with Gasteiger partial charge in [-0.25, -0.2) is 17.9 Å². The van der Waals surface area contributed by atoms with Crippen LogP contribution in [0.4, 0.5) is 0 Å². The third kappa shape index (κ3) is 3.45. The minimum Gasteiger partial charge on any atom is -0.478 e. The first-order valence-electron chi connectivity index (χ1n) is 6.25. The lowest BCUT2D eigenvalue weighted by Gasteiger charge is -2.37. The average Bonchev–Trinajstić information content (AvgIpc) is 2.36. The summed E-state index contributed by atoms with van der Waals surface area (Å²) in [5.74, 6) is -1.17. The SMILES string of the molecule is Cc1cc(C(=O)O)cc(S(=O)(=O)NCC2(C)COC2)c1Br. The van der Waals surface area contributed by atoms with Crippen LogP contribution in [0.2, 0.25) is 0 Å². The van der Waals surface area contributed by atoms with Gasteiger partial charge in [0.05, 0.1) is 23.7 Å². The zero-order chi connectivity index (χ0) is 15.8. The smallest absolute Gasteiger partial charge is 0.335 e. The van der Waals surface area contributed by atoms with E-state index >= 15 is 0 Å². The van der Waals surface area contributed by atoms with Crippen molar-refractivity contribution in [3.63, 3.8) is 0 Å². The molecular weight excluding hydrogens is 362 g/mol. The fourth-order valence-electron chi connectivity index (χ4n) is 1.96. The number of nitrogens with one attached hydrogen (secondary N) is 1. The molecule has 1 fully saturated rings. The zero-order valence-corrected chi connectivity index (χ0v) is 14.0. The monoisotopic (exact) mass is 377 g/mol. The highest BCUT2D eigenvalue weighted by Gasteiger charge is 2.35. The molecule has 2 rings (SSSR count). The number of carboxylic acid groups (broad SMARTS) is 1. The van der Waals surface area contributed by atoms with Crippen LogP contribution in [0, 0.1) is 12.3 Å². The third-order valence-corrected chi connectivity index (χ3v) is 6.09. The Balaban J connectivity index is 2.32. The number of benzene rings is 1. The molecule has 116 valence electrons. The summed E-state index contributed by atoms with van der Waals surface area (Å²) >= 11 is 3.21. The molecule has 0 spiro atoms. The topological polar surface area (TPSA) is 92.7 Å². The third-order valence-electron chi connectivity index (χ3n) is 3.35. The average molecular weight is 378 g/mol. The molecule has 0 unspecified atom stereocenters. The van der Waals surface area contributed by atoms with Crippen molar-refractivity contribution in [3.8, 4) is 0 Å². The number of sulfonamides is 1. The van der Waals surface area contributed by atoms with Crippen LogP contribution in [0.3, 0.4) is 0 Å². The maximum Gasteiger partial charge on any atom is 0.335 e. The Morgan fingerprint density at radius 3 is 2.57 bits per heavy atom. The van der Waals surface area contributed by atoms with Gasteiger partial charge in [0.15, 0.2) is 0 Å². The summed E-state index contributed by atoms with van der Waals surface area (Å²) < 4.78 is 32.8. The number of rotatable bonds is 5. The van der Waals surface area contributed by atoms with E-state index in [9.17, 15) is 13.2 Å². The van der Waals surface area contributed by atoms with Crippen LogP contribution in [-0.4, -0.2) is 39.3 Å². The Hall–Kier alpha value is -0.960. The maximum absolute atomic E-state index is 12.4. The summed E-state index contributed by atoms with van der Waals surface area (Å²) in [6.45, 7) is 4.83. The van der Waals surface area contributed by atoms with Crippen LogP contribution in [0.25, 0.3) is 0 Å². The van der Waals surface area contributed by atoms with Crippen molar-refractivity contribution >= 4 is 31.9 Å². The number of carbonyl (C=O) groups is 1. The molecule has 1 aromatic carbocycles. The minimum atomic E-state index is -3.79. The van der Waals surface area contributed by atoms with Gasteiger partial charge in [-0.2, -0.15) is 0 Å². The number of aryl methyl sites for hydroxylation is 1. The van der Waals surface area contributed by atoms with Gasteiger partial charge in [0, 0.05) is 16.4 Å². The minimum absolute atomic E-state index is 0.0609. The van der Waals surface area contributed by atoms with Crippen molar-refractivity contribution < 1.29 is 23.1 Å². The fraction of sp³-hybridized carbons (Fsp3) is 0.462. The number of ether oxygens (including phenoxy) is 1. The van der Waals surface area contributed by atoms with Crippen LogP contribution < -0.4 is 4.72 Å². The van der Waals surface area contributed by atoms with E-state index in [0.29, 0.717) is 23.2 Å². The first kappa shape index (κ1) is 16.4. The van der Waals surface area contributed by atoms with E-state index in [-0.39, 0.29) is 22.4 Å². The molecule has 0 saturated carbocycles. The molecule has 0 amide bonds. The molecular formula is C13H16BrNO5S. The zero-order valence-electron chi connectivity index (χ0n) is 11.6. The van der Waals surface area contributed by atoms with Gasteiger partial charge in [0.25, 0.3) is 0 Å². The van der Waals surface area contributed by atoms with E-state index < -0.39 is 16.0 Å². The molecule has 1 aromatic rings. The number of carboxylic acids is 1. The molecule has 8 heteroatoms. The summed E-state index contributed by atoms with van der Waals surface area (Å²) in [4.78, 5) is 11.0. The Kier molecular flexibility index (Phi) is 4.44. The quantitative estimate of drug-likeness (QED) is 0.815. The van der Waals surface area contributed by atoms with Gasteiger partial charge in [-0.15, -0.1) is 0 Å². The molecule has 6 nitrogen and oxygen atoms in total. The van der Waals surface area contributed by atoms with Gasteiger partial charge in [-0.05, 0) is 40.5 Å². The van der Waals surface area contributed by atoms with E-state index in [1.165, 1.54) is 6.07 Å². The highest BCUT2D eigenvalue weighted by atomic mass is 79.9. The lowest BCUT2D eigenvalue weighted by atomic mass is 9.89. The summed E-state index contributed by atoms with van der Waals surface area (Å²) in [6.07, 6.45) is 0. The number of aromatic carboxylic acids is 1. The summed E-state index contributed by atoms with van der Waals surface area (Å²) in [5.41, 5.74) is 0.279. The normalized spacial score (nSPS) is 17.3. The Morgan fingerprint density at radius 1 is 1.48 bits per heavy atom.